The third-order valence-corrected chi connectivity index (χ3v) is 3.44. The van der Waals surface area contributed by atoms with Crippen LogP contribution in [0.2, 0.25) is 0 Å². The summed E-state index contributed by atoms with van der Waals surface area (Å²) >= 11 is 0. The van der Waals surface area contributed by atoms with Gasteiger partial charge in [-0.05, 0) is 38.3 Å². The van der Waals surface area contributed by atoms with Crippen molar-refractivity contribution < 1.29 is 4.74 Å². The van der Waals surface area contributed by atoms with E-state index in [0.717, 1.165) is 31.3 Å². The third-order valence-electron chi connectivity index (χ3n) is 3.44. The molecule has 1 N–H and O–H groups in total. The van der Waals surface area contributed by atoms with Crippen LogP contribution in [0.1, 0.15) is 25.3 Å². The Balaban J connectivity index is 0.00000220. The van der Waals surface area contributed by atoms with Crippen molar-refractivity contribution in [1.29, 1.82) is 0 Å². The second kappa shape index (κ2) is 9.87. The Morgan fingerprint density at radius 1 is 1.29 bits per heavy atom. The first kappa shape index (κ1) is 18.1. The molecule has 0 aromatic heterocycles. The Labute approximate surface area is 145 Å². The number of likely N-dealkylation sites (tertiary alicyclic amines) is 1. The lowest BCUT2D eigenvalue weighted by molar-refractivity contribution is 0.325. The molecule has 1 fully saturated rings. The van der Waals surface area contributed by atoms with Crippen molar-refractivity contribution in [2.45, 2.75) is 26.7 Å². The van der Waals surface area contributed by atoms with E-state index in [0.29, 0.717) is 13.2 Å². The van der Waals surface area contributed by atoms with Gasteiger partial charge in [0.05, 0.1) is 6.54 Å². The number of nitrogens with one attached hydrogen (secondary N) is 1. The highest BCUT2D eigenvalue weighted by Crippen LogP contribution is 2.15. The van der Waals surface area contributed by atoms with E-state index in [2.05, 4.69) is 35.1 Å². The molecule has 0 aliphatic carbocycles. The molecule has 0 amide bonds. The largest absolute Gasteiger partial charge is 0.491 e. The summed E-state index contributed by atoms with van der Waals surface area (Å²) < 4.78 is 5.77. The second-order valence-corrected chi connectivity index (χ2v) is 5.04. The Hall–Kier alpha value is -0.980. The highest BCUT2D eigenvalue weighted by molar-refractivity contribution is 14.0. The van der Waals surface area contributed by atoms with E-state index < -0.39 is 0 Å². The molecule has 4 nitrogen and oxygen atoms in total. The van der Waals surface area contributed by atoms with Gasteiger partial charge < -0.3 is 15.0 Å². The topological polar surface area (TPSA) is 36.9 Å². The molecule has 118 valence electrons. The van der Waals surface area contributed by atoms with E-state index in [4.69, 9.17) is 4.74 Å². The van der Waals surface area contributed by atoms with Crippen LogP contribution in [0.5, 0.6) is 5.75 Å². The van der Waals surface area contributed by atoms with Gasteiger partial charge in [0.1, 0.15) is 12.4 Å². The van der Waals surface area contributed by atoms with Crippen LogP contribution in [-0.4, -0.2) is 43.6 Å². The molecule has 2 rings (SSSR count). The standard InChI is InChI=1S/C16H25N3O.HI/c1-3-17-16(19-11-6-7-12-19)18-10-13-20-15-9-5-4-8-14(15)2;/h4-5,8-9H,3,6-7,10-13H2,1-2H3,(H,17,18);1H. The van der Waals surface area contributed by atoms with Crippen LogP contribution in [-0.2, 0) is 0 Å². The van der Waals surface area contributed by atoms with Gasteiger partial charge in [0.25, 0.3) is 0 Å². The summed E-state index contributed by atoms with van der Waals surface area (Å²) in [5.41, 5.74) is 1.17. The monoisotopic (exact) mass is 403 g/mol. The minimum atomic E-state index is 0. The van der Waals surface area contributed by atoms with Gasteiger partial charge in [-0.1, -0.05) is 18.2 Å². The number of guanidine groups is 1. The van der Waals surface area contributed by atoms with E-state index >= 15 is 0 Å². The number of benzene rings is 1. The number of halogens is 1. The van der Waals surface area contributed by atoms with Crippen molar-refractivity contribution in [2.75, 3.05) is 32.8 Å². The molecule has 1 aromatic rings. The van der Waals surface area contributed by atoms with Crippen molar-refractivity contribution in [2.24, 2.45) is 4.99 Å². The van der Waals surface area contributed by atoms with Gasteiger partial charge in [-0.25, -0.2) is 4.99 Å². The van der Waals surface area contributed by atoms with Crippen LogP contribution < -0.4 is 10.1 Å². The first-order valence-electron chi connectivity index (χ1n) is 7.53. The summed E-state index contributed by atoms with van der Waals surface area (Å²) in [6, 6.07) is 8.09. The second-order valence-electron chi connectivity index (χ2n) is 5.04. The lowest BCUT2D eigenvalue weighted by atomic mass is 10.2. The zero-order chi connectivity index (χ0) is 14.2. The predicted molar refractivity (Wildman–Crippen MR) is 98.9 cm³/mol. The number of aliphatic imine (C=N–C) groups is 1. The summed E-state index contributed by atoms with van der Waals surface area (Å²) in [4.78, 5) is 6.98. The normalized spacial score (nSPS) is 14.8. The quantitative estimate of drug-likeness (QED) is 0.356. The molecule has 1 aliphatic rings. The van der Waals surface area contributed by atoms with Crippen LogP contribution in [0, 0.1) is 6.92 Å². The Morgan fingerprint density at radius 3 is 2.67 bits per heavy atom. The van der Waals surface area contributed by atoms with E-state index in [1.165, 1.54) is 18.4 Å². The van der Waals surface area contributed by atoms with Crippen LogP contribution in [0.3, 0.4) is 0 Å². The maximum absolute atomic E-state index is 5.77. The van der Waals surface area contributed by atoms with Gasteiger partial charge in [-0.15, -0.1) is 24.0 Å². The fourth-order valence-electron chi connectivity index (χ4n) is 2.38. The van der Waals surface area contributed by atoms with Crippen LogP contribution in [0.15, 0.2) is 29.3 Å². The van der Waals surface area contributed by atoms with Crippen molar-refractivity contribution in [3.05, 3.63) is 29.8 Å². The highest BCUT2D eigenvalue weighted by atomic mass is 127. The zero-order valence-electron chi connectivity index (χ0n) is 13.0. The Bertz CT molecular complexity index is 445. The molecule has 0 bridgehead atoms. The van der Waals surface area contributed by atoms with Gasteiger partial charge in [0.15, 0.2) is 5.96 Å². The van der Waals surface area contributed by atoms with Crippen LogP contribution in [0.4, 0.5) is 0 Å². The van der Waals surface area contributed by atoms with Crippen molar-refractivity contribution >= 4 is 29.9 Å². The average Bonchev–Trinajstić information content (AvgIpc) is 2.98. The SMILES string of the molecule is CCNC(=NCCOc1ccccc1C)N1CCCC1.I. The van der Waals surface area contributed by atoms with Gasteiger partial charge in [0.2, 0.25) is 0 Å². The fraction of sp³-hybridized carbons (Fsp3) is 0.562. The molecule has 1 aromatic carbocycles. The fourth-order valence-corrected chi connectivity index (χ4v) is 2.38. The summed E-state index contributed by atoms with van der Waals surface area (Å²) in [6.07, 6.45) is 2.54. The highest BCUT2D eigenvalue weighted by Gasteiger charge is 2.15. The lowest BCUT2D eigenvalue weighted by Crippen LogP contribution is -2.39. The number of hydrogen-bond acceptors (Lipinski definition) is 2. The van der Waals surface area contributed by atoms with Gasteiger partial charge in [-0.2, -0.15) is 0 Å². The molecule has 0 saturated carbocycles. The minimum absolute atomic E-state index is 0. The minimum Gasteiger partial charge on any atom is -0.491 e. The Kier molecular flexibility index (Phi) is 8.49. The summed E-state index contributed by atoms with van der Waals surface area (Å²) in [5, 5.41) is 3.35. The number of nitrogens with zero attached hydrogens (tertiary/aromatic N) is 2. The number of hydrogen-bond donors (Lipinski definition) is 1. The first-order valence-corrected chi connectivity index (χ1v) is 7.53. The molecule has 0 radical (unpaired) electrons. The molecule has 0 unspecified atom stereocenters. The summed E-state index contributed by atoms with van der Waals surface area (Å²) in [5.74, 6) is 1.98. The van der Waals surface area contributed by atoms with Crippen LogP contribution >= 0.6 is 24.0 Å². The molecule has 0 atom stereocenters. The number of aryl methyl sites for hydroxylation is 1. The number of ether oxygens (including phenoxy) is 1. The summed E-state index contributed by atoms with van der Waals surface area (Å²) in [7, 11) is 0. The van der Waals surface area contributed by atoms with E-state index in [1.54, 1.807) is 0 Å². The Morgan fingerprint density at radius 2 is 2.00 bits per heavy atom. The average molecular weight is 403 g/mol. The molecule has 1 aliphatic heterocycles. The zero-order valence-corrected chi connectivity index (χ0v) is 15.3. The molecule has 1 heterocycles. The maximum atomic E-state index is 5.77. The van der Waals surface area contributed by atoms with Crippen molar-refractivity contribution in [3.63, 3.8) is 0 Å². The number of rotatable bonds is 5. The molecular weight excluding hydrogens is 377 g/mol. The predicted octanol–water partition coefficient (Wildman–Crippen LogP) is 3.05. The van der Waals surface area contributed by atoms with Crippen molar-refractivity contribution in [1.82, 2.24) is 10.2 Å². The molecule has 21 heavy (non-hydrogen) atoms. The smallest absolute Gasteiger partial charge is 0.194 e. The van der Waals surface area contributed by atoms with E-state index in [9.17, 15) is 0 Å². The molecular formula is C16H26IN3O. The summed E-state index contributed by atoms with van der Waals surface area (Å²) in [6.45, 7) is 8.62. The lowest BCUT2D eigenvalue weighted by Gasteiger charge is -2.20. The third kappa shape index (κ3) is 5.73. The van der Waals surface area contributed by atoms with Gasteiger partial charge in [-0.3, -0.25) is 0 Å². The maximum Gasteiger partial charge on any atom is 0.194 e. The number of para-hydroxylation sites is 1. The van der Waals surface area contributed by atoms with E-state index in [-0.39, 0.29) is 24.0 Å². The molecule has 5 heteroatoms. The van der Waals surface area contributed by atoms with E-state index in [1.807, 2.05) is 18.2 Å². The molecule has 0 spiro atoms. The van der Waals surface area contributed by atoms with Crippen molar-refractivity contribution in [3.8, 4) is 5.75 Å². The van der Waals surface area contributed by atoms with Gasteiger partial charge >= 0.3 is 0 Å². The van der Waals surface area contributed by atoms with Gasteiger partial charge in [0, 0.05) is 19.6 Å². The first-order chi connectivity index (χ1) is 9.81. The van der Waals surface area contributed by atoms with Crippen LogP contribution in [0.25, 0.3) is 0 Å². The molecule has 1 saturated heterocycles.